The fourth-order valence-corrected chi connectivity index (χ4v) is 1.93. The Kier molecular flexibility index (Phi) is 4.16. The molecule has 2 heterocycles. The van der Waals surface area contributed by atoms with Crippen molar-refractivity contribution in [2.24, 2.45) is 11.1 Å². The maximum absolute atomic E-state index is 5.67. The minimum Gasteiger partial charge on any atom is -0.352 e. The van der Waals surface area contributed by atoms with Crippen LogP contribution in [0.3, 0.4) is 0 Å². The van der Waals surface area contributed by atoms with E-state index < -0.39 is 0 Å². The van der Waals surface area contributed by atoms with Crippen LogP contribution < -0.4 is 5.73 Å². The lowest BCUT2D eigenvalue weighted by Crippen LogP contribution is -2.51. The van der Waals surface area contributed by atoms with Crippen molar-refractivity contribution in [3.63, 3.8) is 0 Å². The van der Waals surface area contributed by atoms with Gasteiger partial charge in [-0.2, -0.15) is 0 Å². The van der Waals surface area contributed by atoms with E-state index in [0.29, 0.717) is 33.0 Å². The van der Waals surface area contributed by atoms with E-state index in [4.69, 9.17) is 24.7 Å². The number of hydrogen-bond donors (Lipinski definition) is 1. The molecule has 5 heteroatoms. The molecule has 2 rings (SSSR count). The van der Waals surface area contributed by atoms with Gasteiger partial charge < -0.3 is 24.7 Å². The minimum atomic E-state index is -0.111. The Hall–Kier alpha value is -0.200. The molecule has 0 saturated carbocycles. The Morgan fingerprint density at radius 3 is 2.19 bits per heavy atom. The molecule has 2 fully saturated rings. The van der Waals surface area contributed by atoms with Gasteiger partial charge in [0.2, 0.25) is 0 Å². The number of ether oxygens (including phenoxy) is 4. The molecule has 0 atom stereocenters. The van der Waals surface area contributed by atoms with Crippen LogP contribution in [-0.2, 0) is 18.9 Å². The second-order valence-electron chi connectivity index (χ2n) is 4.67. The average Bonchev–Trinajstić information content (AvgIpc) is 2.33. The highest BCUT2D eigenvalue weighted by Gasteiger charge is 2.40. The van der Waals surface area contributed by atoms with Crippen molar-refractivity contribution in [2.75, 3.05) is 33.0 Å². The van der Waals surface area contributed by atoms with Gasteiger partial charge in [0.15, 0.2) is 12.6 Å². The van der Waals surface area contributed by atoms with Gasteiger partial charge in [-0.1, -0.05) is 0 Å². The Morgan fingerprint density at radius 2 is 1.62 bits per heavy atom. The van der Waals surface area contributed by atoms with Gasteiger partial charge in [-0.3, -0.25) is 0 Å². The summed E-state index contributed by atoms with van der Waals surface area (Å²) in [7, 11) is 0. The third kappa shape index (κ3) is 2.93. The Balaban J connectivity index is 1.76. The predicted octanol–water partition coefficient (Wildman–Crippen LogP) is 0.477. The molecule has 5 nitrogen and oxygen atoms in total. The van der Waals surface area contributed by atoms with Crippen LogP contribution in [0.2, 0.25) is 0 Å². The zero-order chi connectivity index (χ0) is 11.4. The minimum absolute atomic E-state index is 0.103. The lowest BCUT2D eigenvalue weighted by molar-refractivity contribution is -0.299. The van der Waals surface area contributed by atoms with Crippen molar-refractivity contribution >= 4 is 0 Å². The molecule has 0 aromatic carbocycles. The van der Waals surface area contributed by atoms with Gasteiger partial charge in [0.1, 0.15) is 0 Å². The molecule has 16 heavy (non-hydrogen) atoms. The van der Waals surface area contributed by atoms with Crippen molar-refractivity contribution in [1.82, 2.24) is 0 Å². The van der Waals surface area contributed by atoms with Crippen LogP contribution in [0.15, 0.2) is 0 Å². The molecule has 2 saturated heterocycles. The topological polar surface area (TPSA) is 62.9 Å². The van der Waals surface area contributed by atoms with Gasteiger partial charge in [0, 0.05) is 0 Å². The van der Waals surface area contributed by atoms with Gasteiger partial charge in [-0.05, 0) is 26.3 Å². The lowest BCUT2D eigenvalue weighted by atomic mass is 9.91. The Labute approximate surface area is 96.2 Å². The van der Waals surface area contributed by atoms with Crippen molar-refractivity contribution in [1.29, 1.82) is 0 Å². The fraction of sp³-hybridized carbons (Fsp3) is 1.00. The van der Waals surface area contributed by atoms with Gasteiger partial charge in [-0.25, -0.2) is 0 Å². The van der Waals surface area contributed by atoms with Gasteiger partial charge in [-0.15, -0.1) is 0 Å². The molecule has 0 amide bonds. The lowest BCUT2D eigenvalue weighted by Gasteiger charge is -2.43. The molecule has 2 aliphatic rings. The molecule has 1 spiro atoms. The van der Waals surface area contributed by atoms with Crippen molar-refractivity contribution in [3.05, 3.63) is 0 Å². The zero-order valence-corrected chi connectivity index (χ0v) is 9.81. The maximum Gasteiger partial charge on any atom is 0.157 e. The van der Waals surface area contributed by atoms with Crippen LogP contribution in [0.25, 0.3) is 0 Å². The van der Waals surface area contributed by atoms with Crippen LogP contribution in [0.1, 0.15) is 19.8 Å². The SMILES string of the molecule is CC1OCC2(CO1)COC(CCCN)OC2. The Bertz CT molecular complexity index is 206. The maximum atomic E-state index is 5.67. The molecule has 0 aliphatic carbocycles. The summed E-state index contributed by atoms with van der Waals surface area (Å²) in [4.78, 5) is 0. The molecule has 0 aromatic rings. The predicted molar refractivity (Wildman–Crippen MR) is 57.8 cm³/mol. The first-order valence-corrected chi connectivity index (χ1v) is 5.91. The summed E-state index contributed by atoms with van der Waals surface area (Å²) in [6.07, 6.45) is 1.58. The highest BCUT2D eigenvalue weighted by Crippen LogP contribution is 2.30. The second-order valence-corrected chi connectivity index (χ2v) is 4.67. The molecule has 0 radical (unpaired) electrons. The van der Waals surface area contributed by atoms with E-state index in [1.165, 1.54) is 0 Å². The monoisotopic (exact) mass is 231 g/mol. The van der Waals surface area contributed by atoms with E-state index in [0.717, 1.165) is 12.8 Å². The van der Waals surface area contributed by atoms with Gasteiger partial charge in [0.05, 0.1) is 31.8 Å². The highest BCUT2D eigenvalue weighted by atomic mass is 16.7. The fourth-order valence-electron chi connectivity index (χ4n) is 1.93. The quantitative estimate of drug-likeness (QED) is 0.765. The number of nitrogens with two attached hydrogens (primary N) is 1. The van der Waals surface area contributed by atoms with E-state index in [1.807, 2.05) is 6.92 Å². The summed E-state index contributed by atoms with van der Waals surface area (Å²) >= 11 is 0. The average molecular weight is 231 g/mol. The van der Waals surface area contributed by atoms with E-state index in [9.17, 15) is 0 Å². The summed E-state index contributed by atoms with van der Waals surface area (Å²) < 4.78 is 22.3. The van der Waals surface area contributed by atoms with E-state index in [-0.39, 0.29) is 18.0 Å². The van der Waals surface area contributed by atoms with Crippen LogP contribution >= 0.6 is 0 Å². The van der Waals surface area contributed by atoms with Crippen molar-refractivity contribution in [2.45, 2.75) is 32.3 Å². The molecular weight excluding hydrogens is 210 g/mol. The van der Waals surface area contributed by atoms with Crippen LogP contribution in [-0.4, -0.2) is 45.6 Å². The summed E-state index contributed by atoms with van der Waals surface area (Å²) in [6, 6.07) is 0. The smallest absolute Gasteiger partial charge is 0.157 e. The molecule has 0 aromatic heterocycles. The van der Waals surface area contributed by atoms with Gasteiger partial charge >= 0.3 is 0 Å². The highest BCUT2D eigenvalue weighted by molar-refractivity contribution is 4.83. The normalized spacial score (nSPS) is 40.1. The van der Waals surface area contributed by atoms with Crippen LogP contribution in [0.4, 0.5) is 0 Å². The summed E-state index contributed by atoms with van der Waals surface area (Å²) in [5.41, 5.74) is 5.34. The van der Waals surface area contributed by atoms with Crippen LogP contribution in [0, 0.1) is 5.41 Å². The number of hydrogen-bond acceptors (Lipinski definition) is 5. The summed E-state index contributed by atoms with van der Waals surface area (Å²) in [5, 5.41) is 0. The second kappa shape index (κ2) is 5.42. The van der Waals surface area contributed by atoms with Gasteiger partial charge in [0.25, 0.3) is 0 Å². The zero-order valence-electron chi connectivity index (χ0n) is 9.81. The first-order chi connectivity index (χ1) is 7.74. The largest absolute Gasteiger partial charge is 0.352 e. The molecule has 2 N–H and O–H groups in total. The summed E-state index contributed by atoms with van der Waals surface area (Å²) in [6.45, 7) is 5.18. The molecular formula is C11H21NO4. The number of rotatable bonds is 3. The molecule has 2 aliphatic heterocycles. The summed E-state index contributed by atoms with van der Waals surface area (Å²) in [5.74, 6) is 0. The van der Waals surface area contributed by atoms with Crippen molar-refractivity contribution < 1.29 is 18.9 Å². The Morgan fingerprint density at radius 1 is 1.06 bits per heavy atom. The van der Waals surface area contributed by atoms with E-state index >= 15 is 0 Å². The third-order valence-corrected chi connectivity index (χ3v) is 3.04. The van der Waals surface area contributed by atoms with Crippen LogP contribution in [0.5, 0.6) is 0 Å². The molecule has 94 valence electrons. The standard InChI is InChI=1S/C11H21NO4/c1-9-13-5-11(6-14-9)7-15-10(16-8-11)3-2-4-12/h9-10H,2-8,12H2,1H3. The molecule has 0 unspecified atom stereocenters. The third-order valence-electron chi connectivity index (χ3n) is 3.04. The first-order valence-electron chi connectivity index (χ1n) is 5.91. The van der Waals surface area contributed by atoms with Crippen molar-refractivity contribution in [3.8, 4) is 0 Å². The van der Waals surface area contributed by atoms with E-state index in [1.54, 1.807) is 0 Å². The molecule has 0 bridgehead atoms. The van der Waals surface area contributed by atoms with E-state index in [2.05, 4.69) is 0 Å². The first kappa shape index (κ1) is 12.3.